The van der Waals surface area contributed by atoms with E-state index < -0.39 is 17.7 Å². The van der Waals surface area contributed by atoms with Crippen molar-refractivity contribution in [3.63, 3.8) is 0 Å². The van der Waals surface area contributed by atoms with E-state index in [0.29, 0.717) is 32.8 Å². The van der Waals surface area contributed by atoms with Crippen LogP contribution >= 0.6 is 34.8 Å². The number of carbonyl (C=O) groups excluding carboxylic acids is 3. The Balaban J connectivity index is 1.60. The number of ether oxygens (including phenoxy) is 1. The van der Waals surface area contributed by atoms with Gasteiger partial charge in [-0.15, -0.1) is 0 Å². The lowest BCUT2D eigenvalue weighted by Gasteiger charge is -2.10. The van der Waals surface area contributed by atoms with E-state index in [4.69, 9.17) is 39.5 Å². The largest absolute Gasteiger partial charge is 0.492 e. The smallest absolute Gasteiger partial charge is 0.257 e. The number of benzene rings is 2. The molecule has 0 radical (unpaired) electrons. The van der Waals surface area contributed by atoms with Crippen molar-refractivity contribution < 1.29 is 19.1 Å². The lowest BCUT2D eigenvalue weighted by molar-refractivity contribution is -0.128. The standard InChI is InChI=1S/C19H18Cl3N3O4/c20-13-5-3-12(4-6-13)19(28)23-11-18(27)25-24-17(26)2-1-9-29-16-8-7-14(21)10-15(16)22/h3-8,10H,1-2,9,11H2,(H,23,28)(H,24,26)(H,25,27). The highest BCUT2D eigenvalue weighted by molar-refractivity contribution is 6.35. The molecule has 0 aliphatic rings. The molecule has 0 atom stereocenters. The average Bonchev–Trinajstić information content (AvgIpc) is 2.69. The third-order valence-electron chi connectivity index (χ3n) is 3.56. The molecule has 0 heterocycles. The molecule has 0 spiro atoms. The summed E-state index contributed by atoms with van der Waals surface area (Å²) in [5.74, 6) is -0.916. The van der Waals surface area contributed by atoms with Gasteiger partial charge >= 0.3 is 0 Å². The molecule has 2 aromatic rings. The van der Waals surface area contributed by atoms with Crippen LogP contribution in [0.3, 0.4) is 0 Å². The monoisotopic (exact) mass is 457 g/mol. The zero-order valence-corrected chi connectivity index (χ0v) is 17.4. The van der Waals surface area contributed by atoms with Gasteiger partial charge in [-0.3, -0.25) is 25.2 Å². The van der Waals surface area contributed by atoms with E-state index in [1.54, 1.807) is 30.3 Å². The Morgan fingerprint density at radius 2 is 1.52 bits per heavy atom. The van der Waals surface area contributed by atoms with Crippen LogP contribution in [0.1, 0.15) is 23.2 Å². The summed E-state index contributed by atoms with van der Waals surface area (Å²) in [6, 6.07) is 11.1. The normalized spacial score (nSPS) is 10.2. The molecular weight excluding hydrogens is 441 g/mol. The van der Waals surface area contributed by atoms with E-state index in [1.165, 1.54) is 12.1 Å². The van der Waals surface area contributed by atoms with Gasteiger partial charge in [0.1, 0.15) is 5.75 Å². The van der Waals surface area contributed by atoms with Crippen molar-refractivity contribution in [3.8, 4) is 5.75 Å². The summed E-state index contributed by atoms with van der Waals surface area (Å²) in [4.78, 5) is 35.3. The number of hydrogen-bond acceptors (Lipinski definition) is 4. The van der Waals surface area contributed by atoms with Crippen LogP contribution in [0.5, 0.6) is 5.75 Å². The molecule has 3 N–H and O–H groups in total. The van der Waals surface area contributed by atoms with E-state index in [9.17, 15) is 14.4 Å². The molecule has 0 unspecified atom stereocenters. The molecule has 154 valence electrons. The third kappa shape index (κ3) is 8.19. The molecule has 0 aliphatic heterocycles. The third-order valence-corrected chi connectivity index (χ3v) is 4.34. The first-order valence-electron chi connectivity index (χ1n) is 8.54. The fraction of sp³-hybridized carbons (Fsp3) is 0.211. The van der Waals surface area contributed by atoms with Crippen LogP contribution in [-0.4, -0.2) is 30.9 Å². The van der Waals surface area contributed by atoms with Gasteiger partial charge in [0.2, 0.25) is 5.91 Å². The van der Waals surface area contributed by atoms with Gasteiger partial charge in [-0.1, -0.05) is 34.8 Å². The molecule has 0 aromatic heterocycles. The topological polar surface area (TPSA) is 96.5 Å². The van der Waals surface area contributed by atoms with Crippen LogP contribution in [0.25, 0.3) is 0 Å². The molecular formula is C19H18Cl3N3O4. The summed E-state index contributed by atoms with van der Waals surface area (Å²) in [6.45, 7) is -0.0280. The molecule has 29 heavy (non-hydrogen) atoms. The molecule has 7 nitrogen and oxygen atoms in total. The maximum Gasteiger partial charge on any atom is 0.257 e. The summed E-state index contributed by atoms with van der Waals surface area (Å²) >= 11 is 17.5. The summed E-state index contributed by atoms with van der Waals surface area (Å²) in [6.07, 6.45) is 0.538. The maximum atomic E-state index is 11.9. The Morgan fingerprint density at radius 3 is 2.21 bits per heavy atom. The highest BCUT2D eigenvalue weighted by Gasteiger charge is 2.09. The molecule has 0 bridgehead atoms. The molecule has 3 amide bonds. The van der Waals surface area contributed by atoms with E-state index in [-0.39, 0.29) is 19.6 Å². The van der Waals surface area contributed by atoms with Crippen molar-refractivity contribution in [2.24, 2.45) is 0 Å². The lowest BCUT2D eigenvalue weighted by atomic mass is 10.2. The zero-order valence-electron chi connectivity index (χ0n) is 15.1. The molecule has 10 heteroatoms. The Kier molecular flexibility index (Phi) is 9.05. The second-order valence-electron chi connectivity index (χ2n) is 5.81. The lowest BCUT2D eigenvalue weighted by Crippen LogP contribution is -2.46. The van der Waals surface area contributed by atoms with Gasteiger partial charge in [-0.25, -0.2) is 0 Å². The van der Waals surface area contributed by atoms with Crippen molar-refractivity contribution in [2.45, 2.75) is 12.8 Å². The van der Waals surface area contributed by atoms with Crippen LogP contribution < -0.4 is 20.9 Å². The number of hydrazine groups is 1. The number of amides is 3. The first-order chi connectivity index (χ1) is 13.8. The number of nitrogens with one attached hydrogen (secondary N) is 3. The van der Waals surface area contributed by atoms with E-state index in [0.717, 1.165) is 0 Å². The van der Waals surface area contributed by atoms with Crippen LogP contribution in [0.4, 0.5) is 0 Å². The predicted octanol–water partition coefficient (Wildman–Crippen LogP) is 3.38. The first-order valence-corrected chi connectivity index (χ1v) is 9.68. The summed E-state index contributed by atoms with van der Waals surface area (Å²) in [5, 5.41) is 3.82. The molecule has 0 fully saturated rings. The van der Waals surface area contributed by atoms with E-state index in [1.807, 2.05) is 0 Å². The Morgan fingerprint density at radius 1 is 0.862 bits per heavy atom. The molecule has 0 saturated heterocycles. The van der Waals surface area contributed by atoms with Gasteiger partial charge in [0.15, 0.2) is 0 Å². The van der Waals surface area contributed by atoms with Crippen LogP contribution in [0.15, 0.2) is 42.5 Å². The fourth-order valence-corrected chi connectivity index (χ4v) is 2.71. The highest BCUT2D eigenvalue weighted by atomic mass is 35.5. The van der Waals surface area contributed by atoms with Gasteiger partial charge in [0.25, 0.3) is 11.8 Å². The van der Waals surface area contributed by atoms with Crippen LogP contribution in [0.2, 0.25) is 15.1 Å². The van der Waals surface area contributed by atoms with Crippen molar-refractivity contribution in [2.75, 3.05) is 13.2 Å². The fourth-order valence-electron chi connectivity index (χ4n) is 2.12. The summed E-state index contributed by atoms with van der Waals surface area (Å²) in [7, 11) is 0. The Bertz CT molecular complexity index is 876. The predicted molar refractivity (Wildman–Crippen MR) is 111 cm³/mol. The number of hydrogen-bond donors (Lipinski definition) is 3. The van der Waals surface area contributed by atoms with Gasteiger partial charge in [-0.2, -0.15) is 0 Å². The van der Waals surface area contributed by atoms with Crippen LogP contribution in [-0.2, 0) is 9.59 Å². The van der Waals surface area contributed by atoms with Gasteiger partial charge < -0.3 is 10.1 Å². The minimum absolute atomic E-state index is 0.128. The molecule has 2 aromatic carbocycles. The zero-order chi connectivity index (χ0) is 21.2. The van der Waals surface area contributed by atoms with Crippen molar-refractivity contribution in [3.05, 3.63) is 63.1 Å². The number of halogens is 3. The molecule has 0 aliphatic carbocycles. The Hall–Kier alpha value is -2.48. The SMILES string of the molecule is O=C(CCCOc1ccc(Cl)cc1Cl)NNC(=O)CNC(=O)c1ccc(Cl)cc1. The Labute approximate surface area is 182 Å². The minimum atomic E-state index is -0.565. The summed E-state index contributed by atoms with van der Waals surface area (Å²) in [5.41, 5.74) is 4.85. The van der Waals surface area contributed by atoms with Crippen molar-refractivity contribution in [1.82, 2.24) is 16.2 Å². The molecule has 0 saturated carbocycles. The minimum Gasteiger partial charge on any atom is -0.492 e. The highest BCUT2D eigenvalue weighted by Crippen LogP contribution is 2.27. The maximum absolute atomic E-state index is 11.9. The molecule has 2 rings (SSSR count). The number of carbonyl (C=O) groups is 3. The second-order valence-corrected chi connectivity index (χ2v) is 7.09. The van der Waals surface area contributed by atoms with Gasteiger partial charge in [-0.05, 0) is 48.9 Å². The first kappa shape index (κ1) is 22.8. The van der Waals surface area contributed by atoms with E-state index >= 15 is 0 Å². The van der Waals surface area contributed by atoms with Crippen molar-refractivity contribution >= 4 is 52.5 Å². The average molecular weight is 459 g/mol. The summed E-state index contributed by atoms with van der Waals surface area (Å²) < 4.78 is 5.47. The van der Waals surface area contributed by atoms with Gasteiger partial charge in [0.05, 0.1) is 18.2 Å². The number of rotatable bonds is 8. The second kappa shape index (κ2) is 11.5. The van der Waals surface area contributed by atoms with E-state index in [2.05, 4.69) is 16.2 Å². The van der Waals surface area contributed by atoms with Crippen molar-refractivity contribution in [1.29, 1.82) is 0 Å². The van der Waals surface area contributed by atoms with Gasteiger partial charge in [0, 0.05) is 22.0 Å². The quantitative estimate of drug-likeness (QED) is 0.417. The van der Waals surface area contributed by atoms with Crippen LogP contribution in [0, 0.1) is 0 Å².